The highest BCUT2D eigenvalue weighted by Gasteiger charge is 2.29. The second kappa shape index (κ2) is 10.6. The lowest BCUT2D eigenvalue weighted by Gasteiger charge is -2.35. The number of nitrogens with two attached hydrogens (primary N) is 1. The molecule has 6 nitrogen and oxygen atoms in total. The first-order chi connectivity index (χ1) is 17.5. The quantitative estimate of drug-likeness (QED) is 0.340. The highest BCUT2D eigenvalue weighted by atomic mass is 32.2. The van der Waals surface area contributed by atoms with Crippen LogP contribution in [0, 0.1) is 0 Å². The van der Waals surface area contributed by atoms with Crippen molar-refractivity contribution in [2.75, 3.05) is 4.31 Å². The van der Waals surface area contributed by atoms with Gasteiger partial charge in [0.25, 0.3) is 0 Å². The van der Waals surface area contributed by atoms with Gasteiger partial charge in [0.05, 0.1) is 18.5 Å². The van der Waals surface area contributed by atoms with Gasteiger partial charge in [-0.3, -0.25) is 13.3 Å². The molecule has 1 amide bonds. The number of anilines is 1. The van der Waals surface area contributed by atoms with E-state index < -0.39 is 17.3 Å². The van der Waals surface area contributed by atoms with E-state index in [0.717, 1.165) is 40.3 Å². The van der Waals surface area contributed by atoms with Gasteiger partial charge in [0.15, 0.2) is 0 Å². The Kier molecular flexibility index (Phi) is 7.13. The first-order valence-corrected chi connectivity index (χ1v) is 13.1. The highest BCUT2D eigenvalue weighted by molar-refractivity contribution is 7.80. The summed E-state index contributed by atoms with van der Waals surface area (Å²) >= 11 is -2.60. The lowest BCUT2D eigenvalue weighted by atomic mass is 10.0. The summed E-state index contributed by atoms with van der Waals surface area (Å²) in [5, 5.41) is 5.10. The number of nitrogens with zero attached hydrogens (tertiary/aromatic N) is 1. The van der Waals surface area contributed by atoms with Crippen LogP contribution in [0.5, 0.6) is 0 Å². The molecule has 5 rings (SSSR count). The van der Waals surface area contributed by atoms with Gasteiger partial charge < -0.3 is 15.6 Å². The van der Waals surface area contributed by atoms with Crippen molar-refractivity contribution in [3.05, 3.63) is 113 Å². The Labute approximate surface area is 213 Å². The van der Waals surface area contributed by atoms with E-state index in [1.54, 1.807) is 6.07 Å². The monoisotopic (exact) mass is 498 g/mol. The van der Waals surface area contributed by atoms with Crippen molar-refractivity contribution in [1.29, 1.82) is 0 Å². The van der Waals surface area contributed by atoms with Gasteiger partial charge in [-0.15, -0.1) is 0 Å². The summed E-state index contributed by atoms with van der Waals surface area (Å²) in [7, 11) is 0. The second-order valence-corrected chi connectivity index (χ2v) is 9.88. The van der Waals surface area contributed by atoms with Gasteiger partial charge in [-0.05, 0) is 58.0 Å². The molecule has 4 aromatic carbocycles. The normalized spacial score (nSPS) is 16.3. The predicted molar refractivity (Wildman–Crippen MR) is 143 cm³/mol. The topological polar surface area (TPSA) is 98.5 Å². The highest BCUT2D eigenvalue weighted by Crippen LogP contribution is 2.36. The Morgan fingerprint density at radius 2 is 1.75 bits per heavy atom. The molecule has 0 aromatic heterocycles. The van der Waals surface area contributed by atoms with Crippen LogP contribution in [0.4, 0.5) is 5.69 Å². The Balaban J connectivity index is 1.45. The number of carbonyl (C=O) groups is 1. The third kappa shape index (κ3) is 4.91. The standard InChI is InChI=1S/C29H29N3O3S/c30-19-23-11-6-12-26-25(23)15-16-27(26)31-29(33)18-28(21-8-2-1-3-9-21)32(36(34)35)24-14-13-20-7-4-5-10-22(20)17-24/h1-14,17,27-28H,15-16,18-19,30H2,(H,31,33)(H,34,35)/p-1. The lowest BCUT2D eigenvalue weighted by molar-refractivity contribution is -0.122. The molecule has 0 spiro atoms. The molecule has 0 aliphatic heterocycles. The number of benzene rings is 4. The van der Waals surface area contributed by atoms with Crippen LogP contribution in [0.15, 0.2) is 91.0 Å². The first kappa shape index (κ1) is 24.2. The third-order valence-corrected chi connectivity index (χ3v) is 7.70. The molecular formula is C29H28N3O3S-. The third-order valence-electron chi connectivity index (χ3n) is 6.92. The number of nitrogens with one attached hydrogen (secondary N) is 1. The maximum Gasteiger partial charge on any atom is 0.222 e. The average molecular weight is 499 g/mol. The maximum absolute atomic E-state index is 13.4. The molecule has 7 heteroatoms. The molecule has 0 bridgehead atoms. The van der Waals surface area contributed by atoms with Crippen LogP contribution < -0.4 is 15.4 Å². The molecule has 184 valence electrons. The number of fused-ring (bicyclic) bond motifs is 2. The number of hydrogen-bond donors (Lipinski definition) is 2. The number of rotatable bonds is 8. The van der Waals surface area contributed by atoms with Gasteiger partial charge in [0, 0.05) is 23.5 Å². The van der Waals surface area contributed by atoms with Gasteiger partial charge >= 0.3 is 0 Å². The zero-order valence-corrected chi connectivity index (χ0v) is 20.6. The second-order valence-electron chi connectivity index (χ2n) is 9.05. The maximum atomic E-state index is 13.4. The summed E-state index contributed by atoms with van der Waals surface area (Å²) in [5.74, 6) is -0.198. The molecule has 0 heterocycles. The van der Waals surface area contributed by atoms with Crippen LogP contribution in [0.1, 0.15) is 47.2 Å². The molecule has 1 aliphatic carbocycles. The van der Waals surface area contributed by atoms with Crippen molar-refractivity contribution >= 4 is 33.6 Å². The van der Waals surface area contributed by atoms with Crippen LogP contribution in [0.25, 0.3) is 10.8 Å². The van der Waals surface area contributed by atoms with E-state index in [4.69, 9.17) is 5.73 Å². The fraction of sp³-hybridized carbons (Fsp3) is 0.207. The summed E-state index contributed by atoms with van der Waals surface area (Å²) in [6.45, 7) is 0.468. The summed E-state index contributed by atoms with van der Waals surface area (Å²) in [4.78, 5) is 13.4. The zero-order valence-electron chi connectivity index (χ0n) is 19.8. The minimum Gasteiger partial charge on any atom is -0.755 e. The molecule has 0 fully saturated rings. The Bertz CT molecular complexity index is 1410. The minimum atomic E-state index is -2.60. The van der Waals surface area contributed by atoms with Gasteiger partial charge in [-0.25, -0.2) is 0 Å². The molecule has 0 saturated heterocycles. The van der Waals surface area contributed by atoms with E-state index in [1.807, 2.05) is 84.9 Å². The number of amides is 1. The molecule has 1 aliphatic rings. The molecule has 36 heavy (non-hydrogen) atoms. The average Bonchev–Trinajstić information content (AvgIpc) is 3.31. The van der Waals surface area contributed by atoms with Crippen LogP contribution in [-0.2, 0) is 29.0 Å². The van der Waals surface area contributed by atoms with E-state index in [9.17, 15) is 13.6 Å². The van der Waals surface area contributed by atoms with Crippen LogP contribution in [0.3, 0.4) is 0 Å². The van der Waals surface area contributed by atoms with E-state index in [2.05, 4.69) is 5.32 Å². The number of hydrogen-bond acceptors (Lipinski definition) is 4. The molecular weight excluding hydrogens is 470 g/mol. The molecule has 0 radical (unpaired) electrons. The predicted octanol–water partition coefficient (Wildman–Crippen LogP) is 4.83. The first-order valence-electron chi connectivity index (χ1n) is 12.1. The Morgan fingerprint density at radius 1 is 1.00 bits per heavy atom. The zero-order chi connectivity index (χ0) is 25.1. The summed E-state index contributed by atoms with van der Waals surface area (Å²) in [5.41, 5.74) is 10.6. The lowest BCUT2D eigenvalue weighted by Crippen LogP contribution is -2.36. The SMILES string of the molecule is NCc1cccc2c1CCC2NC(=O)CC(c1ccccc1)N(c1ccc2ccccc2c1)S(=O)[O-]. The largest absolute Gasteiger partial charge is 0.755 e. The van der Waals surface area contributed by atoms with Crippen molar-refractivity contribution < 1.29 is 13.6 Å². The Hall–Kier alpha value is -3.52. The van der Waals surface area contributed by atoms with E-state index in [1.165, 1.54) is 9.87 Å². The van der Waals surface area contributed by atoms with Crippen LogP contribution >= 0.6 is 0 Å². The fourth-order valence-corrected chi connectivity index (χ4v) is 5.88. The molecule has 3 unspecified atom stereocenters. The minimum absolute atomic E-state index is 0.00671. The Morgan fingerprint density at radius 3 is 2.50 bits per heavy atom. The van der Waals surface area contributed by atoms with E-state index in [-0.39, 0.29) is 18.4 Å². The number of carbonyl (C=O) groups excluding carboxylic acids is 1. The van der Waals surface area contributed by atoms with Crippen LogP contribution in [0.2, 0.25) is 0 Å². The van der Waals surface area contributed by atoms with Gasteiger partial charge in [0.2, 0.25) is 5.91 Å². The molecule has 3 N–H and O–H groups in total. The van der Waals surface area contributed by atoms with Crippen molar-refractivity contribution in [1.82, 2.24) is 5.32 Å². The summed E-state index contributed by atoms with van der Waals surface area (Å²) in [6.07, 6.45) is 1.66. The van der Waals surface area contributed by atoms with Crippen molar-refractivity contribution in [3.8, 4) is 0 Å². The van der Waals surface area contributed by atoms with Gasteiger partial charge in [-0.1, -0.05) is 78.9 Å². The van der Waals surface area contributed by atoms with Crippen molar-refractivity contribution in [2.24, 2.45) is 5.73 Å². The molecule has 4 aromatic rings. The van der Waals surface area contributed by atoms with E-state index in [0.29, 0.717) is 12.2 Å². The summed E-state index contributed by atoms with van der Waals surface area (Å²) < 4.78 is 26.5. The van der Waals surface area contributed by atoms with Crippen molar-refractivity contribution in [2.45, 2.75) is 37.9 Å². The van der Waals surface area contributed by atoms with Crippen LogP contribution in [-0.4, -0.2) is 14.7 Å². The molecule has 0 saturated carbocycles. The van der Waals surface area contributed by atoms with E-state index >= 15 is 0 Å². The van der Waals surface area contributed by atoms with Gasteiger partial charge in [-0.2, -0.15) is 0 Å². The van der Waals surface area contributed by atoms with Gasteiger partial charge in [0.1, 0.15) is 0 Å². The smallest absolute Gasteiger partial charge is 0.222 e. The fourth-order valence-electron chi connectivity index (χ4n) is 5.20. The molecule has 3 atom stereocenters. The summed E-state index contributed by atoms with van der Waals surface area (Å²) in [6, 6.07) is 27.9. The van der Waals surface area contributed by atoms with Crippen molar-refractivity contribution in [3.63, 3.8) is 0 Å².